The van der Waals surface area contributed by atoms with Crippen molar-refractivity contribution in [2.24, 2.45) is 0 Å². The molecule has 30 heavy (non-hydrogen) atoms. The van der Waals surface area contributed by atoms with Crippen LogP contribution in [0.5, 0.6) is 0 Å². The average Bonchev–Trinajstić information content (AvgIpc) is 3.15. The molecular formula is C22H15FN4O2S. The second-order valence-corrected chi connectivity index (χ2v) is 7.82. The van der Waals surface area contributed by atoms with Crippen molar-refractivity contribution in [2.45, 2.75) is 13.5 Å². The highest BCUT2D eigenvalue weighted by molar-refractivity contribution is 7.17. The second kappa shape index (κ2) is 7.00. The van der Waals surface area contributed by atoms with E-state index >= 15 is 0 Å². The van der Waals surface area contributed by atoms with Crippen molar-refractivity contribution < 1.29 is 4.39 Å². The van der Waals surface area contributed by atoms with Crippen molar-refractivity contribution in [1.29, 1.82) is 0 Å². The third kappa shape index (κ3) is 3.02. The minimum atomic E-state index is -0.335. The number of rotatable bonds is 3. The summed E-state index contributed by atoms with van der Waals surface area (Å²) in [6.45, 7) is 1.96. The first-order valence-corrected chi connectivity index (χ1v) is 10.1. The Hall–Kier alpha value is -3.65. The number of thiophene rings is 1. The van der Waals surface area contributed by atoms with Gasteiger partial charge in [-0.25, -0.2) is 14.4 Å². The first-order valence-electron chi connectivity index (χ1n) is 9.22. The van der Waals surface area contributed by atoms with E-state index < -0.39 is 0 Å². The molecule has 0 spiro atoms. The van der Waals surface area contributed by atoms with Gasteiger partial charge < -0.3 is 0 Å². The zero-order chi connectivity index (χ0) is 20.8. The number of aryl methyl sites for hydroxylation is 1. The van der Waals surface area contributed by atoms with E-state index in [1.54, 1.807) is 18.2 Å². The Kier molecular flexibility index (Phi) is 4.29. The van der Waals surface area contributed by atoms with Gasteiger partial charge in [-0.05, 0) is 36.8 Å². The van der Waals surface area contributed by atoms with E-state index in [2.05, 4.69) is 9.97 Å². The summed E-state index contributed by atoms with van der Waals surface area (Å²) in [5.74, 6) is -0.335. The van der Waals surface area contributed by atoms with Gasteiger partial charge in [0.1, 0.15) is 16.3 Å². The van der Waals surface area contributed by atoms with E-state index in [4.69, 9.17) is 0 Å². The van der Waals surface area contributed by atoms with Crippen LogP contribution in [0.25, 0.3) is 27.0 Å². The summed E-state index contributed by atoms with van der Waals surface area (Å²) in [5, 5.41) is 2.32. The van der Waals surface area contributed by atoms with Gasteiger partial charge in [-0.15, -0.1) is 11.3 Å². The topological polar surface area (TPSA) is 69.3 Å². The highest BCUT2D eigenvalue weighted by Gasteiger charge is 2.14. The number of hydrogen-bond acceptors (Lipinski definition) is 5. The lowest BCUT2D eigenvalue weighted by atomic mass is 10.1. The molecule has 0 aliphatic rings. The number of nitrogens with zero attached hydrogens (tertiary/aromatic N) is 4. The predicted octanol–water partition coefficient (Wildman–Crippen LogP) is 3.63. The zero-order valence-corrected chi connectivity index (χ0v) is 16.7. The van der Waals surface area contributed by atoms with E-state index in [0.717, 1.165) is 11.3 Å². The molecule has 0 aliphatic heterocycles. The molecule has 4 aromatic heterocycles. The summed E-state index contributed by atoms with van der Waals surface area (Å²) < 4.78 is 16.3. The lowest BCUT2D eigenvalue weighted by molar-refractivity contribution is 0.628. The average molecular weight is 418 g/mol. The third-order valence-corrected chi connectivity index (χ3v) is 5.87. The Morgan fingerprint density at radius 2 is 1.90 bits per heavy atom. The minimum Gasteiger partial charge on any atom is -0.293 e. The normalized spacial score (nSPS) is 11.4. The van der Waals surface area contributed by atoms with Gasteiger partial charge in [0, 0.05) is 22.7 Å². The maximum absolute atomic E-state index is 13.3. The summed E-state index contributed by atoms with van der Waals surface area (Å²) in [6.07, 6.45) is 1.47. The summed E-state index contributed by atoms with van der Waals surface area (Å²) >= 11 is 1.36. The monoisotopic (exact) mass is 418 g/mol. The molecule has 8 heteroatoms. The van der Waals surface area contributed by atoms with Crippen LogP contribution >= 0.6 is 11.3 Å². The number of halogens is 1. The quantitative estimate of drug-likeness (QED) is 0.449. The Morgan fingerprint density at radius 1 is 1.10 bits per heavy atom. The van der Waals surface area contributed by atoms with E-state index in [1.165, 1.54) is 44.8 Å². The Bertz CT molecular complexity index is 1530. The van der Waals surface area contributed by atoms with E-state index in [1.807, 2.05) is 24.4 Å². The predicted molar refractivity (Wildman–Crippen MR) is 115 cm³/mol. The molecule has 0 N–H and O–H groups in total. The molecule has 0 unspecified atom stereocenters. The number of aromatic nitrogens is 4. The maximum atomic E-state index is 13.3. The molecule has 6 nitrogen and oxygen atoms in total. The third-order valence-electron chi connectivity index (χ3n) is 4.98. The molecular weight excluding hydrogens is 403 g/mol. The lowest BCUT2D eigenvalue weighted by Gasteiger charge is -2.08. The molecule has 0 aliphatic carbocycles. The van der Waals surface area contributed by atoms with E-state index in [-0.39, 0.29) is 23.5 Å². The van der Waals surface area contributed by atoms with Crippen molar-refractivity contribution in [3.8, 4) is 11.1 Å². The highest BCUT2D eigenvalue weighted by Crippen LogP contribution is 2.30. The number of fused-ring (bicyclic) bond motifs is 2. The molecule has 0 saturated carbocycles. The molecule has 0 fully saturated rings. The number of benzene rings is 1. The Balaban J connectivity index is 1.62. The van der Waals surface area contributed by atoms with E-state index in [0.29, 0.717) is 27.1 Å². The van der Waals surface area contributed by atoms with E-state index in [9.17, 15) is 14.0 Å². The molecule has 0 bridgehead atoms. The molecule has 5 aromatic rings. The van der Waals surface area contributed by atoms with Crippen molar-refractivity contribution in [3.63, 3.8) is 0 Å². The van der Waals surface area contributed by atoms with Gasteiger partial charge in [0.2, 0.25) is 0 Å². The molecule has 5 rings (SSSR count). The highest BCUT2D eigenvalue weighted by atomic mass is 32.1. The maximum Gasteiger partial charge on any atom is 0.263 e. The SMILES string of the molecule is Cc1cccc2nc(Cn3cnc4scc(-c5ccc(F)cc5)c4c3=O)cc(=O)n12. The molecule has 0 amide bonds. The van der Waals surface area contributed by atoms with Gasteiger partial charge in [0.05, 0.1) is 24.0 Å². The molecule has 1 aromatic carbocycles. The smallest absolute Gasteiger partial charge is 0.263 e. The van der Waals surface area contributed by atoms with Crippen LogP contribution in [-0.2, 0) is 6.54 Å². The standard InChI is InChI=1S/C22H15FN4O2S/c1-13-3-2-4-18-25-16(9-19(28)27(13)18)10-26-12-24-21-20(22(26)29)17(11-30-21)14-5-7-15(23)8-6-14/h2-9,11-12H,10H2,1H3. The summed E-state index contributed by atoms with van der Waals surface area (Å²) in [5.41, 5.74) is 2.83. The van der Waals surface area contributed by atoms with Crippen molar-refractivity contribution in [1.82, 2.24) is 18.9 Å². The van der Waals surface area contributed by atoms with Crippen molar-refractivity contribution >= 4 is 27.2 Å². The summed E-state index contributed by atoms with van der Waals surface area (Å²) in [4.78, 5) is 35.3. The van der Waals surface area contributed by atoms with Crippen LogP contribution in [-0.4, -0.2) is 18.9 Å². The fraction of sp³-hybridized carbons (Fsp3) is 0.0909. The van der Waals surface area contributed by atoms with Gasteiger partial charge in [-0.2, -0.15) is 0 Å². The fourth-order valence-corrected chi connectivity index (χ4v) is 4.45. The van der Waals surface area contributed by atoms with Crippen LogP contribution in [0.4, 0.5) is 4.39 Å². The first-order chi connectivity index (χ1) is 14.5. The lowest BCUT2D eigenvalue weighted by Crippen LogP contribution is -2.24. The van der Waals surface area contributed by atoms with Gasteiger partial charge in [0.15, 0.2) is 0 Å². The van der Waals surface area contributed by atoms with Gasteiger partial charge in [-0.1, -0.05) is 18.2 Å². The summed E-state index contributed by atoms with van der Waals surface area (Å²) in [7, 11) is 0. The molecule has 148 valence electrons. The van der Waals surface area contributed by atoms with Crippen molar-refractivity contribution in [3.05, 3.63) is 98.2 Å². The second-order valence-electron chi connectivity index (χ2n) is 6.96. The Labute approximate surface area is 173 Å². The largest absolute Gasteiger partial charge is 0.293 e. The Morgan fingerprint density at radius 3 is 2.70 bits per heavy atom. The van der Waals surface area contributed by atoms with Crippen LogP contribution in [0.1, 0.15) is 11.4 Å². The van der Waals surface area contributed by atoms with Crippen LogP contribution in [0.15, 0.2) is 69.8 Å². The fourth-order valence-electron chi connectivity index (χ4n) is 3.54. The minimum absolute atomic E-state index is 0.125. The number of pyridine rings is 1. The van der Waals surface area contributed by atoms with Gasteiger partial charge >= 0.3 is 0 Å². The van der Waals surface area contributed by atoms with Gasteiger partial charge in [0.25, 0.3) is 11.1 Å². The molecule has 4 heterocycles. The first kappa shape index (κ1) is 18.4. The molecule has 0 radical (unpaired) electrons. The number of hydrogen-bond donors (Lipinski definition) is 0. The van der Waals surface area contributed by atoms with Crippen molar-refractivity contribution in [2.75, 3.05) is 0 Å². The molecule has 0 atom stereocenters. The van der Waals surface area contributed by atoms with Crippen LogP contribution < -0.4 is 11.1 Å². The van der Waals surface area contributed by atoms with Crippen LogP contribution in [0.2, 0.25) is 0 Å². The van der Waals surface area contributed by atoms with Crippen LogP contribution in [0.3, 0.4) is 0 Å². The van der Waals surface area contributed by atoms with Gasteiger partial charge in [-0.3, -0.25) is 18.6 Å². The van der Waals surface area contributed by atoms with Crippen LogP contribution in [0, 0.1) is 12.7 Å². The zero-order valence-electron chi connectivity index (χ0n) is 15.9. The summed E-state index contributed by atoms with van der Waals surface area (Å²) in [6, 6.07) is 12.9. The molecule has 0 saturated heterocycles.